The van der Waals surface area contributed by atoms with Gasteiger partial charge < -0.3 is 5.32 Å². The van der Waals surface area contributed by atoms with Gasteiger partial charge in [-0.25, -0.2) is 18.7 Å². The average molecular weight is 495 g/mol. The Hall–Kier alpha value is -3.34. The van der Waals surface area contributed by atoms with Crippen LogP contribution >= 0.6 is 11.6 Å². The first-order valence-electron chi connectivity index (χ1n) is 11.3. The molecule has 35 heavy (non-hydrogen) atoms. The number of anilines is 2. The number of likely N-dealkylation sites (tertiary alicyclic amines) is 1. The van der Waals surface area contributed by atoms with E-state index in [0.717, 1.165) is 13.0 Å². The standard InChI is InChI=1S/C27H25ClF2N4O/c1-3-20(35)13-19-14-21-24(15-18(19)7-8-27(2)9-11-34(16-27)12-10-29)31-17-32-26(21)33-23-6-4-5-22(28)25(23)30/h3-6,14-15,17H,1,9-13,16H2,2H3,(H,31,32,33). The number of alkyl halides is 1. The number of carbonyl (C=O) groups excluding carboxylic acids is 1. The summed E-state index contributed by atoms with van der Waals surface area (Å²) in [5.74, 6) is 6.25. The monoisotopic (exact) mass is 494 g/mol. The molecule has 1 aromatic heterocycles. The van der Waals surface area contributed by atoms with E-state index in [1.165, 1.54) is 18.5 Å². The number of nitrogens with one attached hydrogen (secondary N) is 1. The van der Waals surface area contributed by atoms with Gasteiger partial charge in [-0.2, -0.15) is 0 Å². The number of carbonyl (C=O) groups is 1. The van der Waals surface area contributed by atoms with Crippen molar-refractivity contribution in [2.24, 2.45) is 5.41 Å². The largest absolute Gasteiger partial charge is 0.337 e. The Morgan fingerprint density at radius 1 is 1.37 bits per heavy atom. The minimum atomic E-state index is -0.586. The summed E-state index contributed by atoms with van der Waals surface area (Å²) >= 11 is 5.91. The topological polar surface area (TPSA) is 58.1 Å². The summed E-state index contributed by atoms with van der Waals surface area (Å²) in [5, 5.41) is 3.59. The number of halogens is 3. The summed E-state index contributed by atoms with van der Waals surface area (Å²) in [4.78, 5) is 23.0. The predicted octanol–water partition coefficient (Wildman–Crippen LogP) is 5.50. The normalized spacial score (nSPS) is 17.7. The fraction of sp³-hybridized carbons (Fsp3) is 0.296. The van der Waals surface area contributed by atoms with E-state index in [1.54, 1.807) is 18.2 Å². The molecule has 2 aromatic carbocycles. The number of fused-ring (bicyclic) bond motifs is 1. The lowest BCUT2D eigenvalue weighted by Crippen LogP contribution is -2.26. The van der Waals surface area contributed by atoms with Crippen molar-refractivity contribution in [2.45, 2.75) is 19.8 Å². The maximum atomic E-state index is 14.5. The van der Waals surface area contributed by atoms with Crippen molar-refractivity contribution in [3.05, 3.63) is 71.3 Å². The first kappa shape index (κ1) is 24.8. The molecule has 1 N–H and O–H groups in total. The molecular weight excluding hydrogens is 470 g/mol. The predicted molar refractivity (Wildman–Crippen MR) is 135 cm³/mol. The van der Waals surface area contributed by atoms with Gasteiger partial charge >= 0.3 is 0 Å². The molecule has 4 rings (SSSR count). The zero-order valence-corrected chi connectivity index (χ0v) is 20.1. The third kappa shape index (κ3) is 5.67. The molecule has 0 bridgehead atoms. The lowest BCUT2D eigenvalue weighted by atomic mass is 9.89. The second-order valence-corrected chi connectivity index (χ2v) is 9.26. The van der Waals surface area contributed by atoms with Crippen molar-refractivity contribution in [3.8, 4) is 11.8 Å². The Balaban J connectivity index is 1.75. The summed E-state index contributed by atoms with van der Waals surface area (Å²) < 4.78 is 27.2. The average Bonchev–Trinajstić information content (AvgIpc) is 3.22. The molecule has 1 saturated heterocycles. The van der Waals surface area contributed by atoms with Gasteiger partial charge in [-0.05, 0) is 55.8 Å². The van der Waals surface area contributed by atoms with E-state index in [0.29, 0.717) is 40.9 Å². The van der Waals surface area contributed by atoms with Crippen LogP contribution < -0.4 is 5.32 Å². The van der Waals surface area contributed by atoms with Gasteiger partial charge in [0.1, 0.15) is 18.8 Å². The molecule has 1 aliphatic rings. The zero-order chi connectivity index (χ0) is 25.0. The molecule has 3 aromatic rings. The van der Waals surface area contributed by atoms with Gasteiger partial charge in [0.15, 0.2) is 11.6 Å². The summed E-state index contributed by atoms with van der Waals surface area (Å²) in [7, 11) is 0. The number of nitrogens with zero attached hydrogens (tertiary/aromatic N) is 3. The zero-order valence-electron chi connectivity index (χ0n) is 19.4. The molecule has 8 heteroatoms. The van der Waals surface area contributed by atoms with Crippen LogP contribution in [0.2, 0.25) is 5.02 Å². The fourth-order valence-corrected chi connectivity index (χ4v) is 4.36. The quantitative estimate of drug-likeness (QED) is 0.347. The number of rotatable bonds is 7. The molecule has 1 unspecified atom stereocenters. The summed E-state index contributed by atoms with van der Waals surface area (Å²) in [6.07, 6.45) is 3.60. The van der Waals surface area contributed by atoms with Gasteiger partial charge in [0, 0.05) is 35.9 Å². The van der Waals surface area contributed by atoms with Crippen LogP contribution in [0.1, 0.15) is 24.5 Å². The SMILES string of the molecule is C=CC(=O)Cc1cc2c(Nc3cccc(Cl)c3F)ncnc2cc1C#CC1(C)CCN(CCF)C1. The van der Waals surface area contributed by atoms with Crippen molar-refractivity contribution < 1.29 is 13.6 Å². The molecule has 0 aliphatic carbocycles. The van der Waals surface area contributed by atoms with Gasteiger partial charge in [0.05, 0.1) is 16.2 Å². The first-order valence-corrected chi connectivity index (χ1v) is 11.6. The lowest BCUT2D eigenvalue weighted by molar-refractivity contribution is -0.114. The molecular formula is C27H25ClF2N4O. The van der Waals surface area contributed by atoms with Crippen LogP contribution in [0.4, 0.5) is 20.3 Å². The Kier molecular flexibility index (Phi) is 7.44. The van der Waals surface area contributed by atoms with E-state index >= 15 is 0 Å². The van der Waals surface area contributed by atoms with Crippen molar-refractivity contribution >= 4 is 39.8 Å². The van der Waals surface area contributed by atoms with Gasteiger partial charge in [0.2, 0.25) is 0 Å². The molecule has 0 saturated carbocycles. The molecule has 180 valence electrons. The minimum Gasteiger partial charge on any atom is -0.337 e. The highest BCUT2D eigenvalue weighted by Crippen LogP contribution is 2.31. The van der Waals surface area contributed by atoms with E-state index in [-0.39, 0.29) is 35.0 Å². The number of ketones is 1. The molecule has 2 heterocycles. The molecule has 1 atom stereocenters. The van der Waals surface area contributed by atoms with Gasteiger partial charge in [-0.15, -0.1) is 0 Å². The fourth-order valence-electron chi connectivity index (χ4n) is 4.19. The van der Waals surface area contributed by atoms with E-state index in [1.807, 2.05) is 6.07 Å². The number of hydrogen-bond donors (Lipinski definition) is 1. The van der Waals surface area contributed by atoms with E-state index in [4.69, 9.17) is 11.6 Å². The smallest absolute Gasteiger partial charge is 0.165 e. The lowest BCUT2D eigenvalue weighted by Gasteiger charge is -2.18. The highest BCUT2D eigenvalue weighted by molar-refractivity contribution is 6.31. The van der Waals surface area contributed by atoms with Crippen LogP contribution in [0, 0.1) is 23.1 Å². The third-order valence-corrected chi connectivity index (χ3v) is 6.40. The molecule has 0 spiro atoms. The second kappa shape index (κ2) is 10.5. The Labute approximate surface area is 208 Å². The van der Waals surface area contributed by atoms with Gasteiger partial charge in [-0.3, -0.25) is 9.69 Å². The minimum absolute atomic E-state index is 0.00585. The van der Waals surface area contributed by atoms with Crippen LogP contribution in [-0.2, 0) is 11.2 Å². The number of hydrogen-bond acceptors (Lipinski definition) is 5. The van der Waals surface area contributed by atoms with Crippen LogP contribution in [0.3, 0.4) is 0 Å². The molecule has 5 nitrogen and oxygen atoms in total. The molecule has 1 aliphatic heterocycles. The van der Waals surface area contributed by atoms with Gasteiger partial charge in [-0.1, -0.05) is 36.1 Å². The third-order valence-electron chi connectivity index (χ3n) is 6.11. The highest BCUT2D eigenvalue weighted by Gasteiger charge is 2.31. The number of aromatic nitrogens is 2. The Morgan fingerprint density at radius 2 is 2.20 bits per heavy atom. The number of benzene rings is 2. The van der Waals surface area contributed by atoms with Crippen LogP contribution in [0.25, 0.3) is 10.9 Å². The van der Waals surface area contributed by atoms with Crippen molar-refractivity contribution in [1.82, 2.24) is 14.9 Å². The van der Waals surface area contributed by atoms with Crippen molar-refractivity contribution in [3.63, 3.8) is 0 Å². The Bertz CT molecular complexity index is 1350. The van der Waals surface area contributed by atoms with Crippen molar-refractivity contribution in [1.29, 1.82) is 0 Å². The second-order valence-electron chi connectivity index (χ2n) is 8.85. The van der Waals surface area contributed by atoms with E-state index in [9.17, 15) is 13.6 Å². The molecule has 0 amide bonds. The van der Waals surface area contributed by atoms with Crippen LogP contribution in [0.15, 0.2) is 49.3 Å². The number of allylic oxidation sites excluding steroid dienone is 1. The van der Waals surface area contributed by atoms with Crippen molar-refractivity contribution in [2.75, 3.05) is 31.6 Å². The highest BCUT2D eigenvalue weighted by atomic mass is 35.5. The van der Waals surface area contributed by atoms with E-state index < -0.39 is 5.82 Å². The van der Waals surface area contributed by atoms with Crippen LogP contribution in [0.5, 0.6) is 0 Å². The summed E-state index contributed by atoms with van der Waals surface area (Å²) in [6.45, 7) is 7.17. The molecule has 1 fully saturated rings. The van der Waals surface area contributed by atoms with Crippen LogP contribution in [-0.4, -0.2) is 47.0 Å². The van der Waals surface area contributed by atoms with Gasteiger partial charge in [0.25, 0.3) is 0 Å². The van der Waals surface area contributed by atoms with E-state index in [2.05, 4.69) is 45.5 Å². The molecule has 0 radical (unpaired) electrons. The summed E-state index contributed by atoms with van der Waals surface area (Å²) in [6, 6.07) is 8.28. The Morgan fingerprint density at radius 3 is 2.97 bits per heavy atom. The first-order chi connectivity index (χ1) is 16.8. The maximum absolute atomic E-state index is 14.5. The summed E-state index contributed by atoms with van der Waals surface area (Å²) in [5.41, 5.74) is 1.88. The maximum Gasteiger partial charge on any atom is 0.165 e.